The Morgan fingerprint density at radius 3 is 2.34 bits per heavy atom. The molecule has 1 unspecified atom stereocenters. The van der Waals surface area contributed by atoms with Crippen molar-refractivity contribution < 1.29 is 13.2 Å². The molecule has 0 amide bonds. The van der Waals surface area contributed by atoms with Gasteiger partial charge in [0.05, 0.1) is 19.0 Å². The molecular weight excluding hydrogens is 410 g/mol. The third-order valence-corrected chi connectivity index (χ3v) is 8.64. The van der Waals surface area contributed by atoms with Crippen LogP contribution in [0.2, 0.25) is 0 Å². The Kier molecular flexibility index (Phi) is 11.1. The van der Waals surface area contributed by atoms with Gasteiger partial charge in [-0.3, -0.25) is 9.89 Å². The summed E-state index contributed by atoms with van der Waals surface area (Å²) in [6.07, 6.45) is 2.27. The number of thioether (sulfide) groups is 1. The first-order valence-electron chi connectivity index (χ1n) is 10.8. The van der Waals surface area contributed by atoms with Crippen LogP contribution in [0.15, 0.2) is 4.99 Å². The van der Waals surface area contributed by atoms with Gasteiger partial charge in [-0.1, -0.05) is 26.7 Å². The first kappa shape index (κ1) is 24.7. The number of morpholine rings is 1. The summed E-state index contributed by atoms with van der Waals surface area (Å²) >= 11 is 1.81. The molecule has 8 nitrogen and oxygen atoms in total. The minimum Gasteiger partial charge on any atom is -0.379 e. The monoisotopic (exact) mass is 449 g/mol. The van der Waals surface area contributed by atoms with Gasteiger partial charge in [0.2, 0.25) is 10.0 Å². The van der Waals surface area contributed by atoms with Gasteiger partial charge in [-0.15, -0.1) is 0 Å². The van der Waals surface area contributed by atoms with Gasteiger partial charge in [-0.05, 0) is 5.92 Å². The van der Waals surface area contributed by atoms with Crippen LogP contribution in [0.4, 0.5) is 0 Å². The van der Waals surface area contributed by atoms with Crippen LogP contribution in [0.5, 0.6) is 0 Å². The van der Waals surface area contributed by atoms with Crippen molar-refractivity contribution in [1.29, 1.82) is 0 Å². The molecule has 1 atom stereocenters. The summed E-state index contributed by atoms with van der Waals surface area (Å²) in [5.41, 5.74) is 0. The number of aliphatic imine (C=N–C) groups is 1. The smallest absolute Gasteiger partial charge is 0.215 e. The van der Waals surface area contributed by atoms with Crippen molar-refractivity contribution in [3.63, 3.8) is 0 Å². The highest BCUT2D eigenvalue weighted by Crippen LogP contribution is 2.19. The van der Waals surface area contributed by atoms with Crippen LogP contribution in [0, 0.1) is 5.92 Å². The second kappa shape index (κ2) is 13.0. The molecule has 0 bridgehead atoms. The van der Waals surface area contributed by atoms with Gasteiger partial charge in [0.15, 0.2) is 5.96 Å². The number of hydrogen-bond acceptors (Lipinski definition) is 6. The highest BCUT2D eigenvalue weighted by atomic mass is 32.2. The minimum atomic E-state index is -3.20. The van der Waals surface area contributed by atoms with Gasteiger partial charge in [0.25, 0.3) is 0 Å². The zero-order chi connectivity index (χ0) is 21.1. The van der Waals surface area contributed by atoms with Crippen molar-refractivity contribution in [2.24, 2.45) is 10.9 Å². The normalized spacial score (nSPS) is 21.3. The molecule has 2 aliphatic rings. The Morgan fingerprint density at radius 2 is 1.76 bits per heavy atom. The molecule has 0 radical (unpaired) electrons. The van der Waals surface area contributed by atoms with E-state index in [9.17, 15) is 8.42 Å². The number of nitrogens with zero attached hydrogens (tertiary/aromatic N) is 3. The molecule has 2 heterocycles. The molecule has 0 aliphatic carbocycles. The van der Waals surface area contributed by atoms with E-state index in [1.807, 2.05) is 11.8 Å². The van der Waals surface area contributed by atoms with Gasteiger partial charge in [-0.2, -0.15) is 11.8 Å². The lowest BCUT2D eigenvalue weighted by atomic mass is 9.92. The summed E-state index contributed by atoms with van der Waals surface area (Å²) in [5.74, 6) is 3.14. The third-order valence-electron chi connectivity index (χ3n) is 5.83. The summed E-state index contributed by atoms with van der Waals surface area (Å²) in [7, 11) is -1.48. The van der Waals surface area contributed by atoms with E-state index in [2.05, 4.69) is 34.4 Å². The summed E-state index contributed by atoms with van der Waals surface area (Å²) in [5, 5.41) is 6.61. The van der Waals surface area contributed by atoms with E-state index < -0.39 is 10.0 Å². The fourth-order valence-corrected chi connectivity index (χ4v) is 6.50. The second-order valence-corrected chi connectivity index (χ2v) is 10.8. The van der Waals surface area contributed by atoms with Crippen LogP contribution in [0.1, 0.15) is 26.7 Å². The van der Waals surface area contributed by atoms with E-state index in [1.54, 1.807) is 11.4 Å². The third kappa shape index (κ3) is 7.90. The number of nitrogens with one attached hydrogen (secondary N) is 2. The molecule has 0 saturated carbocycles. The maximum absolute atomic E-state index is 12.5. The van der Waals surface area contributed by atoms with Gasteiger partial charge in [0, 0.05) is 63.9 Å². The van der Waals surface area contributed by atoms with Gasteiger partial charge >= 0.3 is 0 Å². The molecule has 2 rings (SSSR count). The van der Waals surface area contributed by atoms with Gasteiger partial charge < -0.3 is 15.4 Å². The summed E-state index contributed by atoms with van der Waals surface area (Å²) in [6.45, 7) is 10.4. The average molecular weight is 450 g/mol. The zero-order valence-corrected chi connectivity index (χ0v) is 19.9. The number of sulfonamides is 1. The average Bonchev–Trinajstić information content (AvgIpc) is 2.76. The van der Waals surface area contributed by atoms with Crippen molar-refractivity contribution >= 4 is 27.7 Å². The van der Waals surface area contributed by atoms with Crippen LogP contribution in [0.25, 0.3) is 0 Å². The number of ether oxygens (including phenoxy) is 1. The first-order valence-corrected chi connectivity index (χ1v) is 13.6. The van der Waals surface area contributed by atoms with Crippen LogP contribution >= 0.6 is 11.8 Å². The topological polar surface area (TPSA) is 86.3 Å². The van der Waals surface area contributed by atoms with E-state index in [1.165, 1.54) is 0 Å². The number of hydrogen-bond donors (Lipinski definition) is 2. The molecule has 2 N–H and O–H groups in total. The molecule has 2 fully saturated rings. The molecule has 2 aliphatic heterocycles. The van der Waals surface area contributed by atoms with E-state index in [-0.39, 0.29) is 5.75 Å². The molecule has 2 saturated heterocycles. The predicted molar refractivity (Wildman–Crippen MR) is 122 cm³/mol. The Labute approximate surface area is 181 Å². The van der Waals surface area contributed by atoms with Crippen molar-refractivity contribution in [3.05, 3.63) is 0 Å². The molecule has 0 aromatic rings. The number of guanidine groups is 1. The number of rotatable bonds is 10. The van der Waals surface area contributed by atoms with E-state index in [0.29, 0.717) is 37.6 Å². The van der Waals surface area contributed by atoms with Crippen LogP contribution < -0.4 is 10.6 Å². The first-order chi connectivity index (χ1) is 14.0. The summed E-state index contributed by atoms with van der Waals surface area (Å²) in [4.78, 5) is 6.80. The van der Waals surface area contributed by atoms with Crippen LogP contribution in [-0.4, -0.2) is 106 Å². The Balaban J connectivity index is 1.83. The molecular formula is C19H39N5O3S2. The lowest BCUT2D eigenvalue weighted by Gasteiger charge is -2.39. The van der Waals surface area contributed by atoms with Crippen molar-refractivity contribution in [2.45, 2.75) is 32.7 Å². The van der Waals surface area contributed by atoms with Crippen LogP contribution in [0.3, 0.4) is 0 Å². The molecule has 29 heavy (non-hydrogen) atoms. The van der Waals surface area contributed by atoms with Crippen LogP contribution in [-0.2, 0) is 14.8 Å². The minimum absolute atomic E-state index is 0.0950. The maximum Gasteiger partial charge on any atom is 0.215 e. The molecule has 0 spiro atoms. The fourth-order valence-electron chi connectivity index (χ4n) is 4.01. The maximum atomic E-state index is 12.5. The zero-order valence-electron chi connectivity index (χ0n) is 18.2. The van der Waals surface area contributed by atoms with E-state index in [0.717, 1.165) is 57.2 Å². The predicted octanol–water partition coefficient (Wildman–Crippen LogP) is 0.667. The molecule has 170 valence electrons. The molecule has 0 aromatic carbocycles. The molecule has 0 aromatic heterocycles. The van der Waals surface area contributed by atoms with Crippen molar-refractivity contribution in [3.8, 4) is 0 Å². The highest BCUT2D eigenvalue weighted by Gasteiger charge is 2.27. The summed E-state index contributed by atoms with van der Waals surface area (Å²) in [6, 6.07) is 0.419. The molecule has 10 heteroatoms. The van der Waals surface area contributed by atoms with Crippen molar-refractivity contribution in [1.82, 2.24) is 19.8 Å². The van der Waals surface area contributed by atoms with E-state index >= 15 is 0 Å². The fraction of sp³-hybridized carbons (Fsp3) is 0.947. The van der Waals surface area contributed by atoms with Gasteiger partial charge in [0.1, 0.15) is 0 Å². The largest absolute Gasteiger partial charge is 0.379 e. The standard InChI is InChI=1S/C19H39N5O3S2/c1-4-17(5-2)18(23-7-11-27-12-8-23)16-22-19(20-3)21-6-15-29(25,26)24-9-13-28-14-10-24/h17-18H,4-16H2,1-3H3,(H2,20,21,22). The van der Waals surface area contributed by atoms with E-state index in [4.69, 9.17) is 4.74 Å². The van der Waals surface area contributed by atoms with Gasteiger partial charge in [-0.25, -0.2) is 12.7 Å². The highest BCUT2D eigenvalue weighted by molar-refractivity contribution is 7.99. The second-order valence-electron chi connectivity index (χ2n) is 7.50. The lowest BCUT2D eigenvalue weighted by Crippen LogP contribution is -2.53. The quantitative estimate of drug-likeness (QED) is 0.374. The SMILES string of the molecule is CCC(CC)C(CNC(=NC)NCCS(=O)(=O)N1CCSCC1)N1CCOCC1. The Morgan fingerprint density at radius 1 is 1.10 bits per heavy atom. The lowest BCUT2D eigenvalue weighted by molar-refractivity contribution is 0.00272. The summed E-state index contributed by atoms with van der Waals surface area (Å²) < 4.78 is 32.1. The Hall–Kier alpha value is -0.550. The van der Waals surface area contributed by atoms with Crippen molar-refractivity contribution in [2.75, 3.05) is 76.8 Å². The Bertz CT molecular complexity index is 587.